The van der Waals surface area contributed by atoms with E-state index < -0.39 is 11.9 Å². The van der Waals surface area contributed by atoms with Crippen molar-refractivity contribution < 1.29 is 24.2 Å². The molecule has 0 saturated heterocycles. The predicted octanol–water partition coefficient (Wildman–Crippen LogP) is 4.01. The SMILES string of the molecule is CCOC(=O)COc1ccc(C=NNC(=O)c2cc3ccccc3cc2O)cc1Br. The lowest BCUT2D eigenvalue weighted by molar-refractivity contribution is -0.145. The van der Waals surface area contributed by atoms with Gasteiger partial charge in [-0.05, 0) is 69.5 Å². The Morgan fingerprint density at radius 2 is 1.87 bits per heavy atom. The summed E-state index contributed by atoms with van der Waals surface area (Å²) in [5.41, 5.74) is 3.23. The van der Waals surface area contributed by atoms with E-state index in [1.807, 2.05) is 24.3 Å². The number of rotatable bonds is 7. The zero-order chi connectivity index (χ0) is 21.5. The molecule has 0 aromatic heterocycles. The Morgan fingerprint density at radius 1 is 1.13 bits per heavy atom. The molecule has 3 aromatic rings. The third-order valence-electron chi connectivity index (χ3n) is 4.10. The molecule has 0 bridgehead atoms. The summed E-state index contributed by atoms with van der Waals surface area (Å²) in [4.78, 5) is 23.7. The number of benzene rings is 3. The molecule has 2 N–H and O–H groups in total. The Bertz CT molecular complexity index is 1110. The van der Waals surface area contributed by atoms with Gasteiger partial charge in [-0.2, -0.15) is 5.10 Å². The van der Waals surface area contributed by atoms with Gasteiger partial charge in [0.1, 0.15) is 11.5 Å². The molecule has 0 unspecified atom stereocenters. The number of halogens is 1. The van der Waals surface area contributed by atoms with Crippen molar-refractivity contribution in [2.75, 3.05) is 13.2 Å². The lowest BCUT2D eigenvalue weighted by atomic mass is 10.1. The maximum Gasteiger partial charge on any atom is 0.344 e. The van der Waals surface area contributed by atoms with Gasteiger partial charge in [0.2, 0.25) is 0 Å². The molecule has 154 valence electrons. The van der Waals surface area contributed by atoms with Gasteiger partial charge in [-0.1, -0.05) is 24.3 Å². The van der Waals surface area contributed by atoms with Crippen LogP contribution in [0.3, 0.4) is 0 Å². The molecule has 0 aliphatic rings. The highest BCUT2D eigenvalue weighted by Crippen LogP contribution is 2.26. The third-order valence-corrected chi connectivity index (χ3v) is 4.71. The number of nitrogens with zero attached hydrogens (tertiary/aromatic N) is 1. The van der Waals surface area contributed by atoms with Crippen molar-refractivity contribution in [3.63, 3.8) is 0 Å². The summed E-state index contributed by atoms with van der Waals surface area (Å²) in [6, 6.07) is 15.7. The van der Waals surface area contributed by atoms with E-state index in [0.29, 0.717) is 22.4 Å². The summed E-state index contributed by atoms with van der Waals surface area (Å²) < 4.78 is 10.8. The zero-order valence-corrected chi connectivity index (χ0v) is 17.7. The van der Waals surface area contributed by atoms with Gasteiger partial charge in [0.25, 0.3) is 5.91 Å². The Kier molecular flexibility index (Phi) is 7.03. The van der Waals surface area contributed by atoms with Crippen molar-refractivity contribution in [3.8, 4) is 11.5 Å². The number of carbonyl (C=O) groups is 2. The first-order valence-electron chi connectivity index (χ1n) is 9.11. The fourth-order valence-electron chi connectivity index (χ4n) is 2.69. The van der Waals surface area contributed by atoms with E-state index in [-0.39, 0.29) is 17.9 Å². The summed E-state index contributed by atoms with van der Waals surface area (Å²) in [5.74, 6) is -0.616. The van der Waals surface area contributed by atoms with E-state index in [2.05, 4.69) is 26.5 Å². The van der Waals surface area contributed by atoms with Gasteiger partial charge in [0.05, 0.1) is 22.9 Å². The summed E-state index contributed by atoms with van der Waals surface area (Å²) in [5, 5.41) is 15.7. The van der Waals surface area contributed by atoms with Gasteiger partial charge in [0, 0.05) is 0 Å². The molecule has 0 fully saturated rings. The van der Waals surface area contributed by atoms with Gasteiger partial charge in [-0.15, -0.1) is 0 Å². The van der Waals surface area contributed by atoms with E-state index in [0.717, 1.165) is 10.8 Å². The van der Waals surface area contributed by atoms with Gasteiger partial charge >= 0.3 is 5.97 Å². The topological polar surface area (TPSA) is 97.2 Å². The highest BCUT2D eigenvalue weighted by Gasteiger charge is 2.12. The number of phenols is 1. The quantitative estimate of drug-likeness (QED) is 0.308. The number of ether oxygens (including phenoxy) is 2. The number of fused-ring (bicyclic) bond motifs is 1. The van der Waals surface area contributed by atoms with Crippen LogP contribution in [-0.4, -0.2) is 36.4 Å². The normalized spacial score (nSPS) is 10.9. The zero-order valence-electron chi connectivity index (χ0n) is 16.1. The smallest absolute Gasteiger partial charge is 0.344 e. The summed E-state index contributed by atoms with van der Waals surface area (Å²) in [6.07, 6.45) is 1.45. The second-order valence-electron chi connectivity index (χ2n) is 6.20. The molecule has 7 nitrogen and oxygen atoms in total. The fourth-order valence-corrected chi connectivity index (χ4v) is 3.20. The molecule has 0 spiro atoms. The molecular formula is C22H19BrN2O5. The standard InChI is InChI=1S/C22H19BrN2O5/c1-2-29-21(27)13-30-20-8-7-14(9-18(20)23)12-24-25-22(28)17-10-15-5-3-4-6-16(15)11-19(17)26/h3-12,26H,2,13H2,1H3,(H,25,28). The van der Waals surface area contributed by atoms with Crippen LogP contribution in [0.1, 0.15) is 22.8 Å². The highest BCUT2D eigenvalue weighted by molar-refractivity contribution is 9.10. The number of esters is 1. The Balaban J connectivity index is 1.63. The van der Waals surface area contributed by atoms with E-state index >= 15 is 0 Å². The van der Waals surface area contributed by atoms with Crippen LogP contribution in [0.2, 0.25) is 0 Å². The summed E-state index contributed by atoms with van der Waals surface area (Å²) in [6.45, 7) is 1.83. The van der Waals surface area contributed by atoms with Crippen LogP contribution >= 0.6 is 15.9 Å². The van der Waals surface area contributed by atoms with Crippen molar-refractivity contribution in [3.05, 3.63) is 70.2 Å². The Morgan fingerprint density at radius 3 is 2.57 bits per heavy atom. The highest BCUT2D eigenvalue weighted by atomic mass is 79.9. The maximum atomic E-state index is 12.4. The average molecular weight is 471 g/mol. The number of phenolic OH excluding ortho intramolecular Hbond substituents is 1. The van der Waals surface area contributed by atoms with E-state index in [1.165, 1.54) is 6.21 Å². The minimum absolute atomic E-state index is 0.118. The molecule has 0 aliphatic carbocycles. The lowest BCUT2D eigenvalue weighted by Crippen LogP contribution is -2.17. The lowest BCUT2D eigenvalue weighted by Gasteiger charge is -2.08. The number of aromatic hydroxyl groups is 1. The van der Waals surface area contributed by atoms with E-state index in [4.69, 9.17) is 9.47 Å². The van der Waals surface area contributed by atoms with Crippen molar-refractivity contribution in [2.45, 2.75) is 6.92 Å². The first kappa shape index (κ1) is 21.3. The van der Waals surface area contributed by atoms with Crippen molar-refractivity contribution in [1.82, 2.24) is 5.43 Å². The fraction of sp³-hybridized carbons (Fsp3) is 0.136. The second-order valence-corrected chi connectivity index (χ2v) is 7.05. The molecule has 30 heavy (non-hydrogen) atoms. The second kappa shape index (κ2) is 9.89. The number of hydrazone groups is 1. The van der Waals surface area contributed by atoms with Crippen LogP contribution in [-0.2, 0) is 9.53 Å². The van der Waals surface area contributed by atoms with Crippen LogP contribution in [0.15, 0.2) is 64.2 Å². The molecule has 0 heterocycles. The molecule has 1 amide bonds. The summed E-state index contributed by atoms with van der Waals surface area (Å²) >= 11 is 3.37. The largest absolute Gasteiger partial charge is 0.507 e. The van der Waals surface area contributed by atoms with Gasteiger partial charge in [-0.3, -0.25) is 4.79 Å². The van der Waals surface area contributed by atoms with Crippen molar-refractivity contribution in [2.24, 2.45) is 5.10 Å². The molecule has 0 radical (unpaired) electrons. The summed E-state index contributed by atoms with van der Waals surface area (Å²) in [7, 11) is 0. The molecular weight excluding hydrogens is 452 g/mol. The Hall–Kier alpha value is -3.39. The molecule has 3 aromatic carbocycles. The van der Waals surface area contributed by atoms with Crippen LogP contribution in [0.4, 0.5) is 0 Å². The molecule has 0 saturated carbocycles. The Labute approximate surface area is 181 Å². The molecule has 8 heteroatoms. The number of nitrogens with one attached hydrogen (secondary N) is 1. The van der Waals surface area contributed by atoms with E-state index in [1.54, 1.807) is 37.3 Å². The number of carbonyl (C=O) groups excluding carboxylic acids is 2. The monoisotopic (exact) mass is 470 g/mol. The number of hydrogen-bond acceptors (Lipinski definition) is 6. The minimum Gasteiger partial charge on any atom is -0.507 e. The number of hydrogen-bond donors (Lipinski definition) is 2. The maximum absolute atomic E-state index is 12.4. The average Bonchev–Trinajstić information content (AvgIpc) is 2.72. The van der Waals surface area contributed by atoms with Gasteiger partial charge in [-0.25, -0.2) is 10.2 Å². The number of amides is 1. The van der Waals surface area contributed by atoms with Crippen molar-refractivity contribution in [1.29, 1.82) is 0 Å². The van der Waals surface area contributed by atoms with Crippen LogP contribution in [0.5, 0.6) is 11.5 Å². The van der Waals surface area contributed by atoms with Crippen molar-refractivity contribution >= 4 is 44.8 Å². The predicted molar refractivity (Wildman–Crippen MR) is 117 cm³/mol. The molecule has 0 atom stereocenters. The van der Waals surface area contributed by atoms with Gasteiger partial charge in [0.15, 0.2) is 6.61 Å². The van der Waals surface area contributed by atoms with Crippen LogP contribution in [0.25, 0.3) is 10.8 Å². The minimum atomic E-state index is -0.525. The van der Waals surface area contributed by atoms with E-state index in [9.17, 15) is 14.7 Å². The first-order chi connectivity index (χ1) is 14.5. The molecule has 0 aliphatic heterocycles. The van der Waals surface area contributed by atoms with Crippen LogP contribution in [0, 0.1) is 0 Å². The first-order valence-corrected chi connectivity index (χ1v) is 9.90. The van der Waals surface area contributed by atoms with Gasteiger partial charge < -0.3 is 14.6 Å². The van der Waals surface area contributed by atoms with Crippen LogP contribution < -0.4 is 10.2 Å². The molecule has 3 rings (SSSR count). The third kappa shape index (κ3) is 5.36.